The minimum absolute atomic E-state index is 0.218. The number of carbonyl (C=O) groups is 2. The quantitative estimate of drug-likeness (QED) is 0.582. The van der Waals surface area contributed by atoms with E-state index in [0.717, 1.165) is 6.08 Å². The molecule has 0 radical (unpaired) electrons. The van der Waals surface area contributed by atoms with Gasteiger partial charge in [-0.15, -0.1) is 6.58 Å². The number of carboxylic acid groups (broad SMARTS) is 1. The Kier molecular flexibility index (Phi) is 3.66. The van der Waals surface area contributed by atoms with E-state index in [2.05, 4.69) is 11.9 Å². The van der Waals surface area contributed by atoms with Gasteiger partial charge in [-0.3, -0.25) is 9.59 Å². The van der Waals surface area contributed by atoms with Crippen LogP contribution in [0.5, 0.6) is 0 Å². The zero-order valence-electron chi connectivity index (χ0n) is 8.42. The number of nitrogens with zero attached hydrogens (tertiary/aromatic N) is 1. The predicted octanol–water partition coefficient (Wildman–Crippen LogP) is -1.61. The van der Waals surface area contributed by atoms with Crippen LogP contribution in [0.4, 0.5) is 0 Å². The summed E-state index contributed by atoms with van der Waals surface area (Å²) in [6, 6.07) is -1.25. The van der Waals surface area contributed by atoms with Gasteiger partial charge in [0.1, 0.15) is 6.04 Å². The minimum Gasteiger partial charge on any atom is -0.480 e. The standard InChI is InChI=1S/C8H12N2O5S/c1-2-3-16(14,15)10-5-7(11)9-4-6(10)8(12)13/h2,6H,1,3-5H2,(H,9,11)(H,12,13). The molecule has 1 aliphatic rings. The molecule has 0 bridgehead atoms. The molecule has 0 aromatic carbocycles. The van der Waals surface area contributed by atoms with Crippen LogP contribution >= 0.6 is 0 Å². The van der Waals surface area contributed by atoms with Gasteiger partial charge in [0.05, 0.1) is 12.3 Å². The Bertz CT molecular complexity index is 416. The molecule has 0 spiro atoms. The van der Waals surface area contributed by atoms with Crippen LogP contribution in [0, 0.1) is 0 Å². The maximum Gasteiger partial charge on any atom is 0.323 e. The summed E-state index contributed by atoms with van der Waals surface area (Å²) in [5.74, 6) is -2.18. The Hall–Kier alpha value is -1.41. The number of piperazine rings is 1. The Balaban J connectivity index is 3.00. The Morgan fingerprint density at radius 3 is 2.81 bits per heavy atom. The van der Waals surface area contributed by atoms with Crippen molar-refractivity contribution < 1.29 is 23.1 Å². The molecule has 0 aromatic rings. The second kappa shape index (κ2) is 4.62. The lowest BCUT2D eigenvalue weighted by Crippen LogP contribution is -2.59. The van der Waals surface area contributed by atoms with E-state index in [1.54, 1.807) is 0 Å². The SMILES string of the molecule is C=CCS(=O)(=O)N1CC(=O)NCC1C(=O)O. The number of nitrogens with one attached hydrogen (secondary N) is 1. The van der Waals surface area contributed by atoms with E-state index < -0.39 is 34.5 Å². The molecule has 2 N–H and O–H groups in total. The van der Waals surface area contributed by atoms with Crippen LogP contribution < -0.4 is 5.32 Å². The van der Waals surface area contributed by atoms with Crippen molar-refractivity contribution >= 4 is 21.9 Å². The molecular formula is C8H12N2O5S. The maximum atomic E-state index is 11.7. The fraction of sp³-hybridized carbons (Fsp3) is 0.500. The third-order valence-corrected chi connectivity index (χ3v) is 3.87. The molecule has 1 aliphatic heterocycles. The van der Waals surface area contributed by atoms with Crippen molar-refractivity contribution in [3.8, 4) is 0 Å². The second-order valence-electron chi connectivity index (χ2n) is 3.27. The topological polar surface area (TPSA) is 104 Å². The van der Waals surface area contributed by atoms with Gasteiger partial charge in [0, 0.05) is 6.54 Å². The molecular weight excluding hydrogens is 236 g/mol. The first kappa shape index (κ1) is 12.7. The summed E-state index contributed by atoms with van der Waals surface area (Å²) >= 11 is 0. The molecule has 1 amide bonds. The van der Waals surface area contributed by atoms with Gasteiger partial charge in [-0.05, 0) is 0 Å². The number of sulfonamides is 1. The van der Waals surface area contributed by atoms with E-state index in [1.165, 1.54) is 0 Å². The average Bonchev–Trinajstić information content (AvgIpc) is 2.17. The molecule has 90 valence electrons. The molecule has 1 unspecified atom stereocenters. The van der Waals surface area contributed by atoms with Crippen LogP contribution in [-0.2, 0) is 19.6 Å². The lowest BCUT2D eigenvalue weighted by molar-refractivity contribution is -0.143. The summed E-state index contributed by atoms with van der Waals surface area (Å²) in [6.07, 6.45) is 1.15. The van der Waals surface area contributed by atoms with Crippen LogP contribution in [0.3, 0.4) is 0 Å². The lowest BCUT2D eigenvalue weighted by atomic mass is 10.2. The molecule has 16 heavy (non-hydrogen) atoms. The molecule has 0 saturated carbocycles. The monoisotopic (exact) mass is 248 g/mol. The second-order valence-corrected chi connectivity index (χ2v) is 5.24. The maximum absolute atomic E-state index is 11.7. The predicted molar refractivity (Wildman–Crippen MR) is 55.1 cm³/mol. The average molecular weight is 248 g/mol. The largest absolute Gasteiger partial charge is 0.480 e. The number of carboxylic acids is 1. The van der Waals surface area contributed by atoms with E-state index in [9.17, 15) is 18.0 Å². The van der Waals surface area contributed by atoms with E-state index in [-0.39, 0.29) is 12.3 Å². The first-order chi connectivity index (χ1) is 7.38. The fourth-order valence-corrected chi connectivity index (χ4v) is 2.72. The summed E-state index contributed by atoms with van der Waals surface area (Å²) in [7, 11) is -3.79. The van der Waals surface area contributed by atoms with Crippen molar-refractivity contribution in [3.63, 3.8) is 0 Å². The van der Waals surface area contributed by atoms with Crippen LogP contribution in [0.2, 0.25) is 0 Å². The zero-order chi connectivity index (χ0) is 12.3. The first-order valence-electron chi connectivity index (χ1n) is 4.48. The van der Waals surface area contributed by atoms with Crippen LogP contribution in [0.15, 0.2) is 12.7 Å². The van der Waals surface area contributed by atoms with E-state index in [1.807, 2.05) is 0 Å². The number of hydrogen-bond donors (Lipinski definition) is 2. The molecule has 1 atom stereocenters. The van der Waals surface area contributed by atoms with Crippen molar-refractivity contribution in [3.05, 3.63) is 12.7 Å². The molecule has 1 heterocycles. The summed E-state index contributed by atoms with van der Waals surface area (Å²) in [6.45, 7) is 2.59. The van der Waals surface area contributed by atoms with Crippen LogP contribution in [-0.4, -0.2) is 54.6 Å². The van der Waals surface area contributed by atoms with Gasteiger partial charge in [0.25, 0.3) is 0 Å². The molecule has 1 fully saturated rings. The number of carbonyl (C=O) groups excluding carboxylic acids is 1. The Morgan fingerprint density at radius 1 is 1.69 bits per heavy atom. The van der Waals surface area contributed by atoms with Crippen LogP contribution in [0.25, 0.3) is 0 Å². The van der Waals surface area contributed by atoms with Gasteiger partial charge in [0.2, 0.25) is 15.9 Å². The molecule has 8 heteroatoms. The zero-order valence-corrected chi connectivity index (χ0v) is 9.24. The molecule has 0 aliphatic carbocycles. The van der Waals surface area contributed by atoms with Gasteiger partial charge in [-0.25, -0.2) is 8.42 Å². The van der Waals surface area contributed by atoms with Crippen molar-refractivity contribution in [1.29, 1.82) is 0 Å². The Labute approximate surface area is 92.8 Å². The van der Waals surface area contributed by atoms with Gasteiger partial charge >= 0.3 is 5.97 Å². The van der Waals surface area contributed by atoms with E-state index >= 15 is 0 Å². The van der Waals surface area contributed by atoms with Crippen LogP contribution in [0.1, 0.15) is 0 Å². The third-order valence-electron chi connectivity index (χ3n) is 2.11. The van der Waals surface area contributed by atoms with Crippen molar-refractivity contribution in [2.24, 2.45) is 0 Å². The van der Waals surface area contributed by atoms with Gasteiger partial charge < -0.3 is 10.4 Å². The Morgan fingerprint density at radius 2 is 2.31 bits per heavy atom. The lowest BCUT2D eigenvalue weighted by Gasteiger charge is -2.31. The van der Waals surface area contributed by atoms with E-state index in [0.29, 0.717) is 4.31 Å². The van der Waals surface area contributed by atoms with E-state index in [4.69, 9.17) is 5.11 Å². The molecule has 1 saturated heterocycles. The number of hydrogen-bond acceptors (Lipinski definition) is 4. The van der Waals surface area contributed by atoms with Gasteiger partial charge in [-0.1, -0.05) is 6.08 Å². The molecule has 1 rings (SSSR count). The highest BCUT2D eigenvalue weighted by Crippen LogP contribution is 2.11. The molecule has 0 aromatic heterocycles. The summed E-state index contributed by atoms with van der Waals surface area (Å²) in [5, 5.41) is 11.1. The molecule has 7 nitrogen and oxygen atoms in total. The smallest absolute Gasteiger partial charge is 0.323 e. The number of aliphatic carboxylic acids is 1. The number of amides is 1. The van der Waals surface area contributed by atoms with Crippen molar-refractivity contribution in [2.45, 2.75) is 6.04 Å². The highest BCUT2D eigenvalue weighted by atomic mass is 32.2. The normalized spacial score (nSPS) is 22.5. The van der Waals surface area contributed by atoms with Gasteiger partial charge in [-0.2, -0.15) is 4.31 Å². The summed E-state index contributed by atoms with van der Waals surface area (Å²) in [5.41, 5.74) is 0. The highest BCUT2D eigenvalue weighted by molar-refractivity contribution is 7.89. The summed E-state index contributed by atoms with van der Waals surface area (Å²) < 4.78 is 24.0. The van der Waals surface area contributed by atoms with Gasteiger partial charge in [0.15, 0.2) is 0 Å². The van der Waals surface area contributed by atoms with Crippen molar-refractivity contribution in [1.82, 2.24) is 9.62 Å². The highest BCUT2D eigenvalue weighted by Gasteiger charge is 2.38. The first-order valence-corrected chi connectivity index (χ1v) is 6.09. The minimum atomic E-state index is -3.79. The van der Waals surface area contributed by atoms with Crippen molar-refractivity contribution in [2.75, 3.05) is 18.8 Å². The third kappa shape index (κ3) is 2.58. The fourth-order valence-electron chi connectivity index (χ4n) is 1.37. The summed E-state index contributed by atoms with van der Waals surface area (Å²) in [4.78, 5) is 21.9. The number of rotatable bonds is 4.